The van der Waals surface area contributed by atoms with Gasteiger partial charge in [0.25, 0.3) is 30.1 Å². The van der Waals surface area contributed by atoms with Gasteiger partial charge in [-0.15, -0.1) is 0 Å². The third-order valence-corrected chi connectivity index (χ3v) is 25.4. The Morgan fingerprint density at radius 1 is 0.455 bits per heavy atom. The van der Waals surface area contributed by atoms with Gasteiger partial charge in [0, 0.05) is 199 Å². The zero-order valence-corrected chi connectivity index (χ0v) is 73.3. The molecule has 30 nitrogen and oxygen atoms in total. The Hall–Kier alpha value is -9.85. The second kappa shape index (κ2) is 49.0. The van der Waals surface area contributed by atoms with Crippen LogP contribution in [0.5, 0.6) is 0 Å². The molecule has 0 bridgehead atoms. The molecule has 123 heavy (non-hydrogen) atoms. The maximum atomic E-state index is 13.5. The van der Waals surface area contributed by atoms with E-state index < -0.39 is 48.0 Å². The van der Waals surface area contributed by atoms with Gasteiger partial charge in [-0.3, -0.25) is 23.6 Å². The van der Waals surface area contributed by atoms with Crippen molar-refractivity contribution in [3.05, 3.63) is 200 Å². The van der Waals surface area contributed by atoms with E-state index in [2.05, 4.69) is 77.2 Å². The molecule has 3 aliphatic carbocycles. The van der Waals surface area contributed by atoms with Gasteiger partial charge in [0.05, 0.1) is 46.5 Å². The van der Waals surface area contributed by atoms with E-state index in [-0.39, 0.29) is 79.9 Å². The normalized spacial score (nSPS) is 15.7. The Labute approximate surface area is 747 Å². The Morgan fingerprint density at radius 3 is 1.01 bits per heavy atom. The molecule has 9 aromatic heterocycles. The van der Waals surface area contributed by atoms with Crippen LogP contribution in [0.25, 0.3) is 66.5 Å². The van der Waals surface area contributed by atoms with Gasteiger partial charge in [-0.25, -0.2) is 71.5 Å². The molecule has 657 valence electrons. The van der Waals surface area contributed by atoms with E-state index in [4.69, 9.17) is 20.4 Å². The van der Waals surface area contributed by atoms with Crippen molar-refractivity contribution in [3.8, 4) is 33.4 Å². The summed E-state index contributed by atoms with van der Waals surface area (Å²) in [7, 11) is 1.83. The van der Waals surface area contributed by atoms with Crippen LogP contribution in [-0.2, 0) is 94.3 Å². The van der Waals surface area contributed by atoms with Crippen molar-refractivity contribution in [2.45, 2.75) is 185 Å². The molecule has 35 heteroatoms. The van der Waals surface area contributed by atoms with Crippen LogP contribution in [-0.4, -0.2) is 172 Å². The minimum absolute atomic E-state index is 0. The SMILES string of the molecule is C.C.C.C.CC(=O)OOC(C)=O.CCCNC1CCC(c2cnc3c(c2)c(-c2cnn(C)c2)cn3S(=O)(=O)c2ccccc2)CC1.COCCN.COCCNC1CCC(c2cnc3c(c2)c(-c2cnn(C)c2)cn3S(=O)(=O)c2ccccc2)CC1.Cn1cc(-c2cn(S(=O)(=O)c3ccccc3)c3ncc(C4CCC(=O)CC4)cc23)cn1.[B-]OC(C)=O.[Na+]. The minimum atomic E-state index is -3.81. The first-order valence-corrected chi connectivity index (χ1v) is 43.3. The van der Waals surface area contributed by atoms with Crippen molar-refractivity contribution in [2.24, 2.45) is 26.9 Å². The predicted octanol–water partition coefficient (Wildman–Crippen LogP) is 11.3. The average Bonchev–Trinajstić information content (AvgIpc) is 1.61. The molecule has 3 radical (unpaired) electrons. The number of methoxy groups -OCH3 is 2. The van der Waals surface area contributed by atoms with Gasteiger partial charge in [0.2, 0.25) is 5.97 Å². The Morgan fingerprint density at radius 2 is 0.756 bits per heavy atom. The van der Waals surface area contributed by atoms with E-state index in [0.717, 1.165) is 165 Å². The molecule has 9 heterocycles. The molecular formula is C88H118BN15NaO15S3. The van der Waals surface area contributed by atoms with Gasteiger partial charge >= 0.3 is 41.5 Å². The molecule has 3 aromatic carbocycles. The summed E-state index contributed by atoms with van der Waals surface area (Å²) in [6.07, 6.45) is 34.2. The molecule has 0 atom stereocenters. The van der Waals surface area contributed by atoms with Gasteiger partial charge < -0.3 is 38.5 Å². The number of nitrogens with two attached hydrogens (primary N) is 1. The molecule has 12 aromatic rings. The molecule has 0 saturated heterocycles. The minimum Gasteiger partial charge on any atom is -0.793 e. The summed E-state index contributed by atoms with van der Waals surface area (Å²) >= 11 is 0. The molecular weight excluding hydrogens is 1640 g/mol. The van der Waals surface area contributed by atoms with Crippen molar-refractivity contribution < 1.29 is 97.9 Å². The van der Waals surface area contributed by atoms with Crippen molar-refractivity contribution in [3.63, 3.8) is 0 Å². The van der Waals surface area contributed by atoms with Crippen molar-refractivity contribution in [1.29, 1.82) is 0 Å². The zero-order valence-electron chi connectivity index (χ0n) is 68.8. The van der Waals surface area contributed by atoms with Crippen LogP contribution < -0.4 is 45.9 Å². The second-order valence-electron chi connectivity index (χ2n) is 28.9. The van der Waals surface area contributed by atoms with Gasteiger partial charge in [0.1, 0.15) is 5.78 Å². The summed E-state index contributed by atoms with van der Waals surface area (Å²) in [6.45, 7) is 9.67. The topological polar surface area (TPSA) is 374 Å². The fourth-order valence-electron chi connectivity index (χ4n) is 14.5. The number of aryl methyl sites for hydroxylation is 3. The van der Waals surface area contributed by atoms with Crippen molar-refractivity contribution >= 4 is 94.9 Å². The summed E-state index contributed by atoms with van der Waals surface area (Å²) in [4.78, 5) is 63.1. The number of carbonyl (C=O) groups is 4. The van der Waals surface area contributed by atoms with Gasteiger partial charge in [-0.2, -0.15) is 15.3 Å². The molecule has 3 fully saturated rings. The van der Waals surface area contributed by atoms with Crippen LogP contribution in [0.15, 0.2) is 198 Å². The van der Waals surface area contributed by atoms with E-state index in [1.165, 1.54) is 24.4 Å². The number of hydrogen-bond acceptors (Lipinski definition) is 24. The first-order valence-electron chi connectivity index (χ1n) is 39.0. The van der Waals surface area contributed by atoms with Gasteiger partial charge in [0.15, 0.2) is 16.9 Å². The summed E-state index contributed by atoms with van der Waals surface area (Å²) < 4.78 is 103. The number of rotatable bonds is 21. The maximum Gasteiger partial charge on any atom is 1.00 e. The third-order valence-electron chi connectivity index (χ3n) is 20.4. The number of fused-ring (bicyclic) bond motifs is 3. The average molecular weight is 1760 g/mol. The molecule has 0 unspecified atom stereocenters. The maximum absolute atomic E-state index is 13.5. The van der Waals surface area contributed by atoms with E-state index in [1.54, 1.807) is 157 Å². The number of Topliss-reactive ketones (excluding diaryl/α,β-unsaturated/α-hetero) is 1. The van der Waals surface area contributed by atoms with Crippen molar-refractivity contribution in [2.75, 3.05) is 47.1 Å². The predicted molar refractivity (Wildman–Crippen MR) is 476 cm³/mol. The van der Waals surface area contributed by atoms with Crippen LogP contribution in [0.1, 0.15) is 175 Å². The number of hydrogen-bond donors (Lipinski definition) is 3. The van der Waals surface area contributed by atoms with Crippen LogP contribution in [0.4, 0.5) is 0 Å². The first-order chi connectivity index (χ1) is 56.7. The monoisotopic (exact) mass is 1750 g/mol. The molecule has 4 N–H and O–H groups in total. The fourth-order valence-corrected chi connectivity index (χ4v) is 18.5. The number of ether oxygens (including phenoxy) is 2. The molecule has 3 saturated carbocycles. The molecule has 3 aliphatic rings. The number of pyridine rings is 3. The number of benzene rings is 3. The van der Waals surface area contributed by atoms with Crippen molar-refractivity contribution in [1.82, 2.24) is 66.8 Å². The summed E-state index contributed by atoms with van der Waals surface area (Å²) in [5.41, 5.74) is 14.7. The Bertz CT molecular complexity index is 5690. The summed E-state index contributed by atoms with van der Waals surface area (Å²) in [6, 6.07) is 32.8. The number of carbonyl (C=O) groups excluding carboxylic acids is 4. The summed E-state index contributed by atoms with van der Waals surface area (Å²) in [5.74, 6) is -0.340. The Kier molecular flexibility index (Phi) is 41.3. The number of nitrogens with zero attached hydrogens (tertiary/aromatic N) is 12. The molecule has 0 aliphatic heterocycles. The van der Waals surface area contributed by atoms with E-state index in [1.807, 2.05) is 64.3 Å². The fraction of sp³-hybridized carbons (Fsp3) is 0.409. The quantitative estimate of drug-likeness (QED) is 0.0260. The van der Waals surface area contributed by atoms with E-state index in [0.29, 0.717) is 72.6 Å². The molecule has 15 rings (SSSR count). The largest absolute Gasteiger partial charge is 1.00 e. The molecule has 0 spiro atoms. The molecule has 0 amide bonds. The smallest absolute Gasteiger partial charge is 0.793 e. The first kappa shape index (κ1) is 104. The Balaban J connectivity index is 0.000000292. The van der Waals surface area contributed by atoms with Gasteiger partial charge in [-0.1, -0.05) is 91.2 Å². The van der Waals surface area contributed by atoms with Crippen LogP contribution in [0.2, 0.25) is 0 Å². The number of aromatic nitrogens is 12. The van der Waals surface area contributed by atoms with Crippen LogP contribution in [0, 0.1) is 0 Å². The van der Waals surface area contributed by atoms with Crippen LogP contribution >= 0.6 is 0 Å². The zero-order chi connectivity index (χ0) is 84.7. The van der Waals surface area contributed by atoms with E-state index >= 15 is 0 Å². The number of nitrogens with one attached hydrogen (secondary N) is 2. The van der Waals surface area contributed by atoms with Crippen LogP contribution in [0.3, 0.4) is 0 Å². The van der Waals surface area contributed by atoms with E-state index in [9.17, 15) is 44.4 Å². The number of ketones is 1. The standard InChI is InChI=1S/C26H31N5O3S.C26H31N5O2S.C23H22N4O3S.C4H6O4.C3H9NO.C2H3BO2.4CH4.Na/c1-30-17-21(16-29-30)25-18-31(35(32,33)23-6-4-3-5-7-23)26-24(25)14-20(15-28-26)19-8-10-22(11-9-19)27-12-13-34-2;1-3-13-27-22-11-9-19(10-12-22)20-14-24-25(21-16-29-30(2)17-21)18-31(26(24)28-15-20)34(32,33)23-7-5-4-6-8-23;1-26-14-18(13-25-26)22-15-27(31(29,30)20-5-3-2-4-6-20)23-21(22)11-17(12-24-23)16-7-9-19(28)10-8-16;1-3(5)7-8-4(2)6;1-5-3-2-4;1-2(4)5-3;;;;;/h3-7,14-19,22,27H,8-13H2,1-2H3;4-8,14-19,22,27H,3,9-13H2,1-2H3;2-6,11-16H,7-10H2,1H3;1-2H3;2-4H2,1H3;1H3;4*1H4;/q;;;;;-1;;;;;+1. The third kappa shape index (κ3) is 27.1. The second-order valence-corrected chi connectivity index (χ2v) is 34.4. The van der Waals surface area contributed by atoms with Gasteiger partial charge in [-0.05, 0) is 166 Å². The summed E-state index contributed by atoms with van der Waals surface area (Å²) in [5, 5.41) is 22.5.